The number of rotatable bonds is 5. The zero-order valence-corrected chi connectivity index (χ0v) is 10.3. The van der Waals surface area contributed by atoms with E-state index in [1.807, 2.05) is 0 Å². The van der Waals surface area contributed by atoms with E-state index in [-0.39, 0.29) is 17.2 Å². The van der Waals surface area contributed by atoms with E-state index in [4.69, 9.17) is 4.74 Å². The number of benzene rings is 1. The fraction of sp³-hybridized carbons (Fsp3) is 0.250. The maximum absolute atomic E-state index is 13.4. The van der Waals surface area contributed by atoms with Gasteiger partial charge in [0.1, 0.15) is 0 Å². The molecule has 7 heteroatoms. The van der Waals surface area contributed by atoms with Crippen LogP contribution >= 0.6 is 0 Å². The number of nitrogens with zero attached hydrogens (tertiary/aromatic N) is 3. The lowest BCUT2D eigenvalue weighted by Crippen LogP contribution is -2.27. The van der Waals surface area contributed by atoms with Crippen LogP contribution in [0.5, 0.6) is 5.75 Å². The van der Waals surface area contributed by atoms with Crippen molar-refractivity contribution in [2.24, 2.45) is 0 Å². The summed E-state index contributed by atoms with van der Waals surface area (Å²) in [6, 6.07) is 4.06. The first-order valence-corrected chi connectivity index (χ1v) is 5.66. The second-order valence-corrected chi connectivity index (χ2v) is 3.73. The second-order valence-electron chi connectivity index (χ2n) is 3.73. The Morgan fingerprint density at radius 2 is 2.16 bits per heavy atom. The van der Waals surface area contributed by atoms with E-state index < -0.39 is 5.82 Å². The number of amides is 1. The van der Waals surface area contributed by atoms with E-state index in [9.17, 15) is 9.18 Å². The Morgan fingerprint density at radius 3 is 2.79 bits per heavy atom. The largest absolute Gasteiger partial charge is 0.494 e. The molecule has 0 bridgehead atoms. The minimum absolute atomic E-state index is 0.109. The van der Waals surface area contributed by atoms with Gasteiger partial charge in [0.05, 0.1) is 26.0 Å². The summed E-state index contributed by atoms with van der Waals surface area (Å²) in [7, 11) is 1.37. The van der Waals surface area contributed by atoms with E-state index in [1.165, 1.54) is 24.0 Å². The standard InChI is InChI=1S/C12H13FN4O2/c1-19-11-3-2-9(8-10(11)13)12(18)14-6-7-17-15-4-5-16-17/h2-5,8H,6-7H2,1H3,(H,14,18). The minimum Gasteiger partial charge on any atom is -0.494 e. The van der Waals surface area contributed by atoms with Crippen molar-refractivity contribution in [3.8, 4) is 5.75 Å². The quantitative estimate of drug-likeness (QED) is 0.869. The van der Waals surface area contributed by atoms with Crippen molar-refractivity contribution in [2.45, 2.75) is 6.54 Å². The maximum atomic E-state index is 13.4. The summed E-state index contributed by atoms with van der Waals surface area (Å²) in [5.74, 6) is -0.810. The van der Waals surface area contributed by atoms with Crippen LogP contribution in [0.15, 0.2) is 30.6 Å². The van der Waals surface area contributed by atoms with Crippen molar-refractivity contribution in [1.29, 1.82) is 0 Å². The molecule has 0 aliphatic heterocycles. The summed E-state index contributed by atoms with van der Waals surface area (Å²) in [5.41, 5.74) is 0.242. The van der Waals surface area contributed by atoms with Gasteiger partial charge >= 0.3 is 0 Å². The van der Waals surface area contributed by atoms with Crippen LogP contribution in [0.25, 0.3) is 0 Å². The van der Waals surface area contributed by atoms with Crippen molar-refractivity contribution in [3.05, 3.63) is 42.0 Å². The van der Waals surface area contributed by atoms with Crippen LogP contribution in [0.2, 0.25) is 0 Å². The molecule has 1 N–H and O–H groups in total. The monoisotopic (exact) mass is 264 g/mol. The third kappa shape index (κ3) is 3.27. The molecule has 0 atom stereocenters. The lowest BCUT2D eigenvalue weighted by atomic mass is 10.2. The summed E-state index contributed by atoms with van der Waals surface area (Å²) < 4.78 is 18.2. The van der Waals surface area contributed by atoms with Gasteiger partial charge in [-0.05, 0) is 18.2 Å². The molecule has 1 heterocycles. The lowest BCUT2D eigenvalue weighted by Gasteiger charge is -2.06. The van der Waals surface area contributed by atoms with Crippen molar-refractivity contribution in [3.63, 3.8) is 0 Å². The van der Waals surface area contributed by atoms with Gasteiger partial charge in [-0.3, -0.25) is 4.79 Å². The summed E-state index contributed by atoms with van der Waals surface area (Å²) in [6.45, 7) is 0.818. The molecule has 0 radical (unpaired) electrons. The molecule has 6 nitrogen and oxygen atoms in total. The van der Waals surface area contributed by atoms with Crippen LogP contribution in [0, 0.1) is 5.82 Å². The molecule has 100 valence electrons. The van der Waals surface area contributed by atoms with Gasteiger partial charge in [0, 0.05) is 12.1 Å². The highest BCUT2D eigenvalue weighted by Crippen LogP contribution is 2.17. The fourth-order valence-electron chi connectivity index (χ4n) is 1.54. The number of methoxy groups -OCH3 is 1. The van der Waals surface area contributed by atoms with E-state index in [1.54, 1.807) is 12.4 Å². The number of hydrogen-bond donors (Lipinski definition) is 1. The summed E-state index contributed by atoms with van der Waals surface area (Å²) in [5, 5.41) is 10.5. The van der Waals surface area contributed by atoms with Gasteiger partial charge in [0.2, 0.25) is 0 Å². The number of carbonyl (C=O) groups is 1. The maximum Gasteiger partial charge on any atom is 0.251 e. The van der Waals surface area contributed by atoms with Gasteiger partial charge < -0.3 is 10.1 Å². The molecule has 2 aromatic rings. The predicted molar refractivity (Wildman–Crippen MR) is 65.3 cm³/mol. The third-order valence-corrected chi connectivity index (χ3v) is 2.48. The Hall–Kier alpha value is -2.44. The fourth-order valence-corrected chi connectivity index (χ4v) is 1.54. The second kappa shape index (κ2) is 5.94. The van der Waals surface area contributed by atoms with Crippen LogP contribution < -0.4 is 10.1 Å². The van der Waals surface area contributed by atoms with E-state index >= 15 is 0 Å². The van der Waals surface area contributed by atoms with Crippen molar-refractivity contribution >= 4 is 5.91 Å². The first kappa shape index (κ1) is 13.0. The van der Waals surface area contributed by atoms with Crippen LogP contribution in [-0.2, 0) is 6.54 Å². The number of ether oxygens (including phenoxy) is 1. The Labute approximate surface area is 109 Å². The molecule has 0 saturated carbocycles. The number of aromatic nitrogens is 3. The smallest absolute Gasteiger partial charge is 0.251 e. The Morgan fingerprint density at radius 1 is 1.42 bits per heavy atom. The summed E-state index contributed by atoms with van der Waals surface area (Å²) in [6.07, 6.45) is 3.11. The Bertz CT molecular complexity index is 557. The molecule has 0 fully saturated rings. The summed E-state index contributed by atoms with van der Waals surface area (Å²) >= 11 is 0. The molecule has 0 spiro atoms. The molecule has 0 aliphatic rings. The number of hydrogen-bond acceptors (Lipinski definition) is 4. The van der Waals surface area contributed by atoms with Crippen molar-refractivity contribution in [2.75, 3.05) is 13.7 Å². The number of nitrogens with one attached hydrogen (secondary N) is 1. The molecule has 2 rings (SSSR count). The molecular weight excluding hydrogens is 251 g/mol. The molecule has 1 aromatic carbocycles. The highest BCUT2D eigenvalue weighted by molar-refractivity contribution is 5.94. The highest BCUT2D eigenvalue weighted by Gasteiger charge is 2.09. The molecule has 1 aromatic heterocycles. The Kier molecular flexibility index (Phi) is 4.07. The number of carbonyl (C=O) groups excluding carboxylic acids is 1. The van der Waals surface area contributed by atoms with E-state index in [0.29, 0.717) is 13.1 Å². The van der Waals surface area contributed by atoms with Gasteiger partial charge in [-0.2, -0.15) is 15.0 Å². The predicted octanol–water partition coefficient (Wildman–Crippen LogP) is 0.856. The van der Waals surface area contributed by atoms with Crippen LogP contribution in [0.1, 0.15) is 10.4 Å². The van der Waals surface area contributed by atoms with E-state index in [0.717, 1.165) is 6.07 Å². The van der Waals surface area contributed by atoms with Gasteiger partial charge in [-0.25, -0.2) is 4.39 Å². The average Bonchev–Trinajstić information content (AvgIpc) is 2.91. The first-order valence-electron chi connectivity index (χ1n) is 5.66. The number of halogens is 1. The first-order chi connectivity index (χ1) is 9.20. The molecule has 0 unspecified atom stereocenters. The van der Waals surface area contributed by atoms with Crippen LogP contribution in [0.3, 0.4) is 0 Å². The third-order valence-electron chi connectivity index (χ3n) is 2.48. The SMILES string of the molecule is COc1ccc(C(=O)NCCn2nccn2)cc1F. The molecule has 1 amide bonds. The molecule has 0 aliphatic carbocycles. The zero-order chi connectivity index (χ0) is 13.7. The van der Waals surface area contributed by atoms with Gasteiger partial charge in [-0.15, -0.1) is 0 Å². The molecule has 0 saturated heterocycles. The zero-order valence-electron chi connectivity index (χ0n) is 10.3. The van der Waals surface area contributed by atoms with Crippen molar-refractivity contribution < 1.29 is 13.9 Å². The van der Waals surface area contributed by atoms with Crippen LogP contribution in [0.4, 0.5) is 4.39 Å². The molecule has 19 heavy (non-hydrogen) atoms. The topological polar surface area (TPSA) is 69.0 Å². The van der Waals surface area contributed by atoms with Crippen LogP contribution in [-0.4, -0.2) is 34.6 Å². The van der Waals surface area contributed by atoms with Gasteiger partial charge in [0.15, 0.2) is 11.6 Å². The summed E-state index contributed by atoms with van der Waals surface area (Å²) in [4.78, 5) is 13.2. The lowest BCUT2D eigenvalue weighted by molar-refractivity contribution is 0.0951. The normalized spacial score (nSPS) is 10.2. The highest BCUT2D eigenvalue weighted by atomic mass is 19.1. The van der Waals surface area contributed by atoms with Gasteiger partial charge in [0.25, 0.3) is 5.91 Å². The Balaban J connectivity index is 1.91. The van der Waals surface area contributed by atoms with Crippen molar-refractivity contribution in [1.82, 2.24) is 20.3 Å². The minimum atomic E-state index is -0.566. The van der Waals surface area contributed by atoms with E-state index in [2.05, 4.69) is 15.5 Å². The molecular formula is C12H13FN4O2. The average molecular weight is 264 g/mol. The van der Waals surface area contributed by atoms with Gasteiger partial charge in [-0.1, -0.05) is 0 Å².